The summed E-state index contributed by atoms with van der Waals surface area (Å²) in [5.41, 5.74) is 2.63. The SMILES string of the molecule is Cc1ccc(S(=O)(=O)N(c2sc3c(c2C#N)CC[C@H](C(C)(C)C)C3)S(=O)(=O)c2ccc(C)cc2)cc1. The van der Waals surface area contributed by atoms with Crippen molar-refractivity contribution in [1.82, 2.24) is 0 Å². The lowest BCUT2D eigenvalue weighted by atomic mass is 9.72. The number of rotatable bonds is 5. The van der Waals surface area contributed by atoms with Gasteiger partial charge in [-0.05, 0) is 74.3 Å². The molecule has 2 aromatic carbocycles. The van der Waals surface area contributed by atoms with Gasteiger partial charge in [-0.1, -0.05) is 56.2 Å². The Morgan fingerprint density at radius 1 is 0.889 bits per heavy atom. The van der Waals surface area contributed by atoms with E-state index in [0.29, 0.717) is 22.5 Å². The Morgan fingerprint density at radius 3 is 1.78 bits per heavy atom. The molecule has 0 spiro atoms. The second-order valence-corrected chi connectivity index (χ2v) is 15.3. The van der Waals surface area contributed by atoms with Gasteiger partial charge in [-0.25, -0.2) is 0 Å². The summed E-state index contributed by atoms with van der Waals surface area (Å²) >= 11 is 1.11. The predicted octanol–water partition coefficient (Wildman–Crippen LogP) is 5.97. The minimum atomic E-state index is -4.56. The molecule has 0 aliphatic heterocycles. The highest BCUT2D eigenvalue weighted by Crippen LogP contribution is 2.47. The van der Waals surface area contributed by atoms with Crippen LogP contribution in [0.1, 0.15) is 54.3 Å². The third-order valence-electron chi connectivity index (χ3n) is 6.82. The summed E-state index contributed by atoms with van der Waals surface area (Å²) in [7, 11) is -9.11. The highest BCUT2D eigenvalue weighted by molar-refractivity contribution is 8.10. The maximum absolute atomic E-state index is 14.0. The van der Waals surface area contributed by atoms with Crippen molar-refractivity contribution in [2.24, 2.45) is 11.3 Å². The second kappa shape index (κ2) is 9.33. The van der Waals surface area contributed by atoms with Crippen molar-refractivity contribution in [3.05, 3.63) is 75.7 Å². The monoisotopic (exact) mass is 542 g/mol. The number of sulfonamides is 2. The van der Waals surface area contributed by atoms with Gasteiger partial charge in [0, 0.05) is 4.88 Å². The van der Waals surface area contributed by atoms with Crippen molar-refractivity contribution in [1.29, 1.82) is 5.26 Å². The number of nitrogens with zero attached hydrogens (tertiary/aromatic N) is 2. The van der Waals surface area contributed by atoms with Gasteiger partial charge in [-0.15, -0.1) is 15.0 Å². The summed E-state index contributed by atoms with van der Waals surface area (Å²) in [4.78, 5) is 0.592. The molecule has 1 aliphatic rings. The summed E-state index contributed by atoms with van der Waals surface area (Å²) in [6.45, 7) is 10.1. The van der Waals surface area contributed by atoms with Crippen molar-refractivity contribution in [3.8, 4) is 6.07 Å². The van der Waals surface area contributed by atoms with Crippen LogP contribution in [-0.2, 0) is 32.9 Å². The van der Waals surface area contributed by atoms with Crippen molar-refractivity contribution < 1.29 is 16.8 Å². The van der Waals surface area contributed by atoms with Gasteiger partial charge in [0.1, 0.15) is 11.1 Å². The largest absolute Gasteiger partial charge is 0.278 e. The Labute approximate surface area is 218 Å². The van der Waals surface area contributed by atoms with Crippen LogP contribution in [0.3, 0.4) is 0 Å². The van der Waals surface area contributed by atoms with Crippen molar-refractivity contribution in [2.45, 2.75) is 63.7 Å². The Bertz CT molecular complexity index is 1460. The smallest absolute Gasteiger partial charge is 0.200 e. The molecule has 0 radical (unpaired) electrons. The predicted molar refractivity (Wildman–Crippen MR) is 143 cm³/mol. The van der Waals surface area contributed by atoms with E-state index in [1.807, 2.05) is 13.8 Å². The molecule has 0 saturated carbocycles. The normalized spacial score (nSPS) is 16.3. The second-order valence-electron chi connectivity index (χ2n) is 10.4. The Hall–Kier alpha value is -2.67. The van der Waals surface area contributed by atoms with Crippen LogP contribution in [0.4, 0.5) is 5.00 Å². The number of anilines is 1. The standard InChI is InChI=1S/C27H30N2O4S3/c1-18-6-11-21(12-7-18)35(30,31)29(36(32,33)22-13-8-19(2)9-14-22)26-24(17-28)23-15-10-20(27(3,4)5)16-25(23)34-26/h6-9,11-14,20H,10,15-16H2,1-5H3/t20-/m0/s1. The Balaban J connectivity index is 1.97. The number of hydrogen-bond donors (Lipinski definition) is 0. The average Bonchev–Trinajstić information content (AvgIpc) is 3.15. The van der Waals surface area contributed by atoms with Gasteiger partial charge in [-0.3, -0.25) is 0 Å². The minimum Gasteiger partial charge on any atom is -0.200 e. The first-order chi connectivity index (χ1) is 16.8. The zero-order chi connectivity index (χ0) is 26.5. The Morgan fingerprint density at radius 2 is 1.36 bits per heavy atom. The van der Waals surface area contributed by atoms with Gasteiger partial charge in [0.25, 0.3) is 20.0 Å². The number of benzene rings is 2. The summed E-state index contributed by atoms with van der Waals surface area (Å²) in [5, 5.41) is 10.1. The molecule has 6 nitrogen and oxygen atoms in total. The molecule has 190 valence electrons. The van der Waals surface area contributed by atoms with Gasteiger partial charge in [0.05, 0.1) is 15.4 Å². The summed E-state index contributed by atoms with van der Waals surface area (Å²) < 4.78 is 56.4. The van der Waals surface area contributed by atoms with Crippen LogP contribution >= 0.6 is 11.3 Å². The van der Waals surface area contributed by atoms with Gasteiger partial charge < -0.3 is 0 Å². The Kier molecular flexibility index (Phi) is 6.84. The molecule has 1 aromatic heterocycles. The van der Waals surface area contributed by atoms with Crippen molar-refractivity contribution in [2.75, 3.05) is 3.71 Å². The number of hydrogen-bond acceptors (Lipinski definition) is 6. The molecule has 3 aromatic rings. The molecular formula is C27H30N2O4S3. The van der Waals surface area contributed by atoms with Crippen LogP contribution in [-0.4, -0.2) is 16.8 Å². The fourth-order valence-electron chi connectivity index (χ4n) is 4.51. The van der Waals surface area contributed by atoms with Gasteiger partial charge in [-0.2, -0.15) is 22.1 Å². The average molecular weight is 543 g/mol. The molecule has 0 N–H and O–H groups in total. The minimum absolute atomic E-state index is 0.0380. The topological polar surface area (TPSA) is 95.3 Å². The number of nitriles is 1. The lowest BCUT2D eigenvalue weighted by molar-refractivity contribution is 0.218. The molecule has 0 amide bonds. The van der Waals surface area contributed by atoms with Gasteiger partial charge in [0.15, 0.2) is 0 Å². The first-order valence-corrected chi connectivity index (χ1v) is 15.4. The van der Waals surface area contributed by atoms with E-state index in [9.17, 15) is 22.1 Å². The summed E-state index contributed by atoms with van der Waals surface area (Å²) in [6, 6.07) is 14.3. The summed E-state index contributed by atoms with van der Waals surface area (Å²) in [5.74, 6) is 0.346. The molecule has 0 bridgehead atoms. The zero-order valence-electron chi connectivity index (χ0n) is 21.1. The molecule has 0 saturated heterocycles. The van der Waals surface area contributed by atoms with E-state index in [4.69, 9.17) is 0 Å². The fraction of sp³-hybridized carbons (Fsp3) is 0.370. The number of fused-ring (bicyclic) bond motifs is 1. The first-order valence-electron chi connectivity index (χ1n) is 11.8. The van der Waals surface area contributed by atoms with Crippen molar-refractivity contribution >= 4 is 36.4 Å². The molecule has 0 fully saturated rings. The number of aryl methyl sites for hydroxylation is 2. The molecular weight excluding hydrogens is 513 g/mol. The van der Waals surface area contributed by atoms with Crippen LogP contribution in [0, 0.1) is 36.5 Å². The molecule has 1 aliphatic carbocycles. The first kappa shape index (κ1) is 26.4. The quantitative estimate of drug-likeness (QED) is 0.396. The molecule has 36 heavy (non-hydrogen) atoms. The zero-order valence-corrected chi connectivity index (χ0v) is 23.5. The van der Waals surface area contributed by atoms with Gasteiger partial charge >= 0.3 is 0 Å². The molecule has 0 unspecified atom stereocenters. The van der Waals surface area contributed by atoms with E-state index in [-0.39, 0.29) is 25.8 Å². The lowest BCUT2D eigenvalue weighted by Gasteiger charge is -2.33. The lowest BCUT2D eigenvalue weighted by Crippen LogP contribution is -2.37. The number of thiophene rings is 1. The highest BCUT2D eigenvalue weighted by Gasteiger charge is 2.42. The van der Waals surface area contributed by atoms with Gasteiger partial charge in [0.2, 0.25) is 0 Å². The third-order valence-corrected chi connectivity index (χ3v) is 12.4. The van der Waals surface area contributed by atoms with E-state index in [2.05, 4.69) is 26.8 Å². The molecule has 9 heteroatoms. The maximum atomic E-state index is 14.0. The van der Waals surface area contributed by atoms with E-state index in [0.717, 1.165) is 39.3 Å². The summed E-state index contributed by atoms with van der Waals surface area (Å²) in [6.07, 6.45) is 2.15. The third kappa shape index (κ3) is 4.70. The van der Waals surface area contributed by atoms with Crippen LogP contribution in [0.5, 0.6) is 0 Å². The van der Waals surface area contributed by atoms with E-state index in [1.54, 1.807) is 24.3 Å². The van der Waals surface area contributed by atoms with E-state index < -0.39 is 20.0 Å². The maximum Gasteiger partial charge on any atom is 0.278 e. The highest BCUT2D eigenvalue weighted by atomic mass is 32.3. The van der Waals surface area contributed by atoms with Crippen molar-refractivity contribution in [3.63, 3.8) is 0 Å². The van der Waals surface area contributed by atoms with E-state index >= 15 is 0 Å². The van der Waals surface area contributed by atoms with Crippen LogP contribution in [0.15, 0.2) is 58.3 Å². The molecule has 1 atom stereocenters. The van der Waals surface area contributed by atoms with Crippen LogP contribution in [0.2, 0.25) is 0 Å². The molecule has 4 rings (SSSR count). The fourth-order valence-corrected chi connectivity index (χ4v) is 10.0. The van der Waals surface area contributed by atoms with Crippen LogP contribution < -0.4 is 3.71 Å². The van der Waals surface area contributed by atoms with E-state index in [1.165, 1.54) is 24.3 Å². The van der Waals surface area contributed by atoms with Crippen LogP contribution in [0.25, 0.3) is 0 Å². The molecule has 1 heterocycles.